The van der Waals surface area contributed by atoms with Crippen LogP contribution in [-0.4, -0.2) is 32.7 Å². The number of hydrogen-bond acceptors (Lipinski definition) is 5. The van der Waals surface area contributed by atoms with Crippen LogP contribution in [-0.2, 0) is 0 Å². The summed E-state index contributed by atoms with van der Waals surface area (Å²) >= 11 is 5.98. The second-order valence-corrected chi connectivity index (χ2v) is 6.09. The predicted molar refractivity (Wildman–Crippen MR) is 100 cm³/mol. The molecule has 3 rings (SSSR count). The Morgan fingerprint density at radius 2 is 1.92 bits per heavy atom. The van der Waals surface area contributed by atoms with Crippen LogP contribution in [0.15, 0.2) is 54.9 Å². The Kier molecular flexibility index (Phi) is 5.58. The molecular weight excluding hydrogens is 336 g/mol. The maximum Gasteiger partial charge on any atom is 0.163 e. The lowest BCUT2D eigenvalue weighted by atomic mass is 10.1. The number of aliphatic hydroxyl groups excluding tert-OH is 1. The molecule has 6 heteroatoms. The van der Waals surface area contributed by atoms with Crippen LogP contribution in [0.25, 0.3) is 22.6 Å². The van der Waals surface area contributed by atoms with Crippen molar-refractivity contribution in [2.24, 2.45) is 0 Å². The zero-order chi connectivity index (χ0) is 17.6. The SMILES string of the molecule is CCC(O)CNc1cc(-c2ccc(Cl)cc2)nc(-c2cccnc2)n1. The fraction of sp³-hybridized carbons (Fsp3) is 0.211. The first-order valence-corrected chi connectivity index (χ1v) is 8.51. The third-order valence-electron chi connectivity index (χ3n) is 3.78. The van der Waals surface area contributed by atoms with Crippen LogP contribution in [0.2, 0.25) is 5.02 Å². The van der Waals surface area contributed by atoms with E-state index in [9.17, 15) is 5.11 Å². The Bertz CT molecular complexity index is 825. The van der Waals surface area contributed by atoms with Gasteiger partial charge in [0, 0.05) is 41.2 Å². The van der Waals surface area contributed by atoms with Gasteiger partial charge in [-0.15, -0.1) is 0 Å². The third-order valence-corrected chi connectivity index (χ3v) is 4.03. The molecule has 1 unspecified atom stereocenters. The molecule has 2 N–H and O–H groups in total. The minimum absolute atomic E-state index is 0.421. The minimum Gasteiger partial charge on any atom is -0.391 e. The van der Waals surface area contributed by atoms with Crippen molar-refractivity contribution in [2.45, 2.75) is 19.4 Å². The molecule has 5 nitrogen and oxygen atoms in total. The second-order valence-electron chi connectivity index (χ2n) is 5.65. The second kappa shape index (κ2) is 8.05. The number of aliphatic hydroxyl groups is 1. The molecule has 0 saturated heterocycles. The highest BCUT2D eigenvalue weighted by Crippen LogP contribution is 2.25. The summed E-state index contributed by atoms with van der Waals surface area (Å²) < 4.78 is 0. The Hall–Kier alpha value is -2.50. The van der Waals surface area contributed by atoms with Crippen LogP contribution in [0.5, 0.6) is 0 Å². The van der Waals surface area contributed by atoms with Crippen LogP contribution in [0, 0.1) is 0 Å². The fourth-order valence-electron chi connectivity index (χ4n) is 2.30. The highest BCUT2D eigenvalue weighted by molar-refractivity contribution is 6.30. The molecule has 0 radical (unpaired) electrons. The van der Waals surface area contributed by atoms with Crippen molar-refractivity contribution in [3.63, 3.8) is 0 Å². The van der Waals surface area contributed by atoms with Gasteiger partial charge in [0.1, 0.15) is 5.82 Å². The van der Waals surface area contributed by atoms with Crippen LogP contribution >= 0.6 is 11.6 Å². The van der Waals surface area contributed by atoms with E-state index in [1.807, 2.05) is 49.4 Å². The molecule has 1 aromatic carbocycles. The first kappa shape index (κ1) is 17.3. The van der Waals surface area contributed by atoms with Crippen molar-refractivity contribution in [1.29, 1.82) is 0 Å². The molecular formula is C19H19ClN4O. The van der Waals surface area contributed by atoms with Gasteiger partial charge in [-0.1, -0.05) is 30.7 Å². The number of halogens is 1. The molecule has 25 heavy (non-hydrogen) atoms. The molecule has 0 bridgehead atoms. The van der Waals surface area contributed by atoms with Gasteiger partial charge in [-0.3, -0.25) is 4.98 Å². The Labute approximate surface area is 151 Å². The lowest BCUT2D eigenvalue weighted by Gasteiger charge is -2.12. The Morgan fingerprint density at radius 1 is 1.12 bits per heavy atom. The average Bonchev–Trinajstić information content (AvgIpc) is 2.67. The molecule has 1 atom stereocenters. The fourth-order valence-corrected chi connectivity index (χ4v) is 2.42. The number of nitrogens with one attached hydrogen (secondary N) is 1. The van der Waals surface area contributed by atoms with Gasteiger partial charge < -0.3 is 10.4 Å². The van der Waals surface area contributed by atoms with E-state index in [4.69, 9.17) is 11.6 Å². The van der Waals surface area contributed by atoms with E-state index in [-0.39, 0.29) is 0 Å². The number of aromatic nitrogens is 3. The van der Waals surface area contributed by atoms with Crippen LogP contribution in [0.4, 0.5) is 5.82 Å². The normalized spacial score (nSPS) is 12.0. The quantitative estimate of drug-likeness (QED) is 0.699. The van der Waals surface area contributed by atoms with E-state index in [2.05, 4.69) is 20.3 Å². The summed E-state index contributed by atoms with van der Waals surface area (Å²) in [4.78, 5) is 13.3. The van der Waals surface area contributed by atoms with Crippen molar-refractivity contribution in [3.05, 3.63) is 59.9 Å². The van der Waals surface area contributed by atoms with E-state index in [0.29, 0.717) is 29.6 Å². The molecule has 0 fully saturated rings. The number of rotatable bonds is 6. The van der Waals surface area contributed by atoms with E-state index in [1.54, 1.807) is 12.4 Å². The summed E-state index contributed by atoms with van der Waals surface area (Å²) in [6, 6.07) is 13.1. The molecule has 0 saturated carbocycles. The Balaban J connectivity index is 2.00. The molecule has 3 aromatic rings. The van der Waals surface area contributed by atoms with Crippen molar-refractivity contribution in [2.75, 3.05) is 11.9 Å². The third kappa shape index (κ3) is 4.53. The number of benzene rings is 1. The molecule has 0 aliphatic rings. The number of pyridine rings is 1. The molecule has 2 heterocycles. The zero-order valence-corrected chi connectivity index (χ0v) is 14.6. The van der Waals surface area contributed by atoms with E-state index < -0.39 is 6.10 Å². The monoisotopic (exact) mass is 354 g/mol. The average molecular weight is 355 g/mol. The lowest BCUT2D eigenvalue weighted by Crippen LogP contribution is -2.19. The van der Waals surface area contributed by atoms with E-state index in [1.165, 1.54) is 0 Å². The molecule has 0 spiro atoms. The molecule has 0 aliphatic carbocycles. The lowest BCUT2D eigenvalue weighted by molar-refractivity contribution is 0.183. The number of anilines is 1. The van der Waals surface area contributed by atoms with Crippen molar-refractivity contribution >= 4 is 17.4 Å². The predicted octanol–water partition coefficient (Wildman–Crippen LogP) is 4.04. The van der Waals surface area contributed by atoms with Crippen molar-refractivity contribution in [1.82, 2.24) is 15.0 Å². The summed E-state index contributed by atoms with van der Waals surface area (Å²) in [5.41, 5.74) is 2.55. The van der Waals surface area contributed by atoms with Gasteiger partial charge in [-0.05, 0) is 30.7 Å². The van der Waals surface area contributed by atoms with Gasteiger partial charge in [-0.25, -0.2) is 9.97 Å². The molecule has 0 aliphatic heterocycles. The summed E-state index contributed by atoms with van der Waals surface area (Å²) in [5.74, 6) is 1.24. The van der Waals surface area contributed by atoms with E-state index in [0.717, 1.165) is 16.8 Å². The van der Waals surface area contributed by atoms with Gasteiger partial charge in [0.25, 0.3) is 0 Å². The van der Waals surface area contributed by atoms with Gasteiger partial charge in [-0.2, -0.15) is 0 Å². The largest absolute Gasteiger partial charge is 0.391 e. The van der Waals surface area contributed by atoms with Gasteiger partial charge in [0.15, 0.2) is 5.82 Å². The highest BCUT2D eigenvalue weighted by Gasteiger charge is 2.10. The standard InChI is InChI=1S/C19H19ClN4O/c1-2-16(25)12-22-18-10-17(13-5-7-15(20)8-6-13)23-19(24-18)14-4-3-9-21-11-14/h3-11,16,25H,2,12H2,1H3,(H,22,23,24). The Morgan fingerprint density at radius 3 is 2.60 bits per heavy atom. The summed E-state index contributed by atoms with van der Waals surface area (Å²) in [5, 5.41) is 13.6. The summed E-state index contributed by atoms with van der Waals surface area (Å²) in [7, 11) is 0. The van der Waals surface area contributed by atoms with Crippen LogP contribution in [0.3, 0.4) is 0 Å². The van der Waals surface area contributed by atoms with Crippen LogP contribution in [0.1, 0.15) is 13.3 Å². The first-order valence-electron chi connectivity index (χ1n) is 8.13. The number of nitrogens with zero attached hydrogens (tertiary/aromatic N) is 3. The topological polar surface area (TPSA) is 70.9 Å². The highest BCUT2D eigenvalue weighted by atomic mass is 35.5. The molecule has 2 aromatic heterocycles. The summed E-state index contributed by atoms with van der Waals surface area (Å²) in [6.07, 6.45) is 3.70. The number of hydrogen-bond donors (Lipinski definition) is 2. The zero-order valence-electron chi connectivity index (χ0n) is 13.9. The minimum atomic E-state index is -0.421. The first-order chi connectivity index (χ1) is 12.2. The maximum atomic E-state index is 9.79. The van der Waals surface area contributed by atoms with Crippen molar-refractivity contribution < 1.29 is 5.11 Å². The van der Waals surface area contributed by atoms with Gasteiger partial charge >= 0.3 is 0 Å². The summed E-state index contributed by atoms with van der Waals surface area (Å²) in [6.45, 7) is 2.37. The van der Waals surface area contributed by atoms with E-state index >= 15 is 0 Å². The van der Waals surface area contributed by atoms with Crippen LogP contribution < -0.4 is 5.32 Å². The molecule has 0 amide bonds. The van der Waals surface area contributed by atoms with Crippen molar-refractivity contribution in [3.8, 4) is 22.6 Å². The maximum absolute atomic E-state index is 9.79. The van der Waals surface area contributed by atoms with Gasteiger partial charge in [0.05, 0.1) is 11.8 Å². The smallest absolute Gasteiger partial charge is 0.163 e. The van der Waals surface area contributed by atoms with Gasteiger partial charge in [0.2, 0.25) is 0 Å². The molecule has 128 valence electrons.